The summed E-state index contributed by atoms with van der Waals surface area (Å²) >= 11 is 0. The average molecular weight is 217 g/mol. The quantitative estimate of drug-likeness (QED) is 0.764. The van der Waals surface area contributed by atoms with E-state index in [1.54, 1.807) is 0 Å². The summed E-state index contributed by atoms with van der Waals surface area (Å²) in [4.78, 5) is 4.36. The Morgan fingerprint density at radius 2 is 2.38 bits per heavy atom. The Hall–Kier alpha value is -1.30. The van der Waals surface area contributed by atoms with Crippen molar-refractivity contribution in [2.75, 3.05) is 0 Å². The van der Waals surface area contributed by atoms with E-state index in [0.29, 0.717) is 6.04 Å². The van der Waals surface area contributed by atoms with Crippen molar-refractivity contribution in [1.29, 1.82) is 5.26 Å². The van der Waals surface area contributed by atoms with Crippen LogP contribution in [0.4, 0.5) is 0 Å². The number of hydrogen-bond acceptors (Lipinski definition) is 2. The molecule has 0 radical (unpaired) electrons. The van der Waals surface area contributed by atoms with Crippen molar-refractivity contribution in [3.8, 4) is 6.07 Å². The molecule has 1 aliphatic rings. The molecule has 1 aromatic heterocycles. The van der Waals surface area contributed by atoms with Gasteiger partial charge in [-0.15, -0.1) is 0 Å². The average Bonchev–Trinajstić information content (AvgIpc) is 2.76. The summed E-state index contributed by atoms with van der Waals surface area (Å²) in [7, 11) is 0. The van der Waals surface area contributed by atoms with Crippen molar-refractivity contribution in [3.63, 3.8) is 0 Å². The van der Waals surface area contributed by atoms with E-state index in [4.69, 9.17) is 0 Å². The van der Waals surface area contributed by atoms with Crippen LogP contribution in [-0.2, 0) is 6.42 Å². The molecule has 0 saturated heterocycles. The Kier molecular flexibility index (Phi) is 3.28. The summed E-state index contributed by atoms with van der Waals surface area (Å²) in [6.45, 7) is 4.40. The first-order valence-corrected chi connectivity index (χ1v) is 6.17. The molecule has 0 aliphatic heterocycles. The Balaban J connectivity index is 2.26. The van der Waals surface area contributed by atoms with Crippen LogP contribution in [0.15, 0.2) is 12.4 Å². The first-order chi connectivity index (χ1) is 7.76. The van der Waals surface area contributed by atoms with Gasteiger partial charge in [0.05, 0.1) is 18.0 Å². The maximum Gasteiger partial charge on any atom is 0.108 e. The molecule has 3 atom stereocenters. The molecule has 0 amide bonds. The van der Waals surface area contributed by atoms with Gasteiger partial charge in [-0.3, -0.25) is 0 Å². The van der Waals surface area contributed by atoms with Gasteiger partial charge in [0.1, 0.15) is 5.82 Å². The second kappa shape index (κ2) is 4.69. The molecule has 0 N–H and O–H groups in total. The topological polar surface area (TPSA) is 41.6 Å². The minimum absolute atomic E-state index is 0.163. The SMILES string of the molecule is CCc1nccn1C1CC(C)CCC1C#N. The van der Waals surface area contributed by atoms with E-state index in [9.17, 15) is 5.26 Å². The number of rotatable bonds is 2. The zero-order chi connectivity index (χ0) is 11.5. The number of nitriles is 1. The maximum absolute atomic E-state index is 9.23. The van der Waals surface area contributed by atoms with E-state index in [1.165, 1.54) is 6.42 Å². The van der Waals surface area contributed by atoms with E-state index in [-0.39, 0.29) is 5.92 Å². The number of aryl methyl sites for hydroxylation is 1. The summed E-state index contributed by atoms with van der Waals surface area (Å²) < 4.78 is 2.23. The lowest BCUT2D eigenvalue weighted by molar-refractivity contribution is 0.229. The van der Waals surface area contributed by atoms with Crippen LogP contribution < -0.4 is 0 Å². The van der Waals surface area contributed by atoms with Crippen LogP contribution in [0, 0.1) is 23.2 Å². The Morgan fingerprint density at radius 1 is 1.56 bits per heavy atom. The zero-order valence-corrected chi connectivity index (χ0v) is 10.1. The van der Waals surface area contributed by atoms with Crippen LogP contribution in [0.25, 0.3) is 0 Å². The highest BCUT2D eigenvalue weighted by molar-refractivity contribution is 5.02. The highest BCUT2D eigenvalue weighted by atomic mass is 15.1. The second-order valence-corrected chi connectivity index (χ2v) is 4.83. The van der Waals surface area contributed by atoms with Crippen LogP contribution in [0.3, 0.4) is 0 Å². The fourth-order valence-electron chi connectivity index (χ4n) is 2.73. The van der Waals surface area contributed by atoms with Gasteiger partial charge < -0.3 is 4.57 Å². The molecule has 0 spiro atoms. The second-order valence-electron chi connectivity index (χ2n) is 4.83. The first-order valence-electron chi connectivity index (χ1n) is 6.17. The monoisotopic (exact) mass is 217 g/mol. The standard InChI is InChI=1S/C13H19N3/c1-3-13-15-6-7-16(13)12-8-10(2)4-5-11(12)9-14/h6-7,10-12H,3-5,8H2,1-2H3. The molecule has 16 heavy (non-hydrogen) atoms. The molecular formula is C13H19N3. The Labute approximate surface area is 97.1 Å². The molecule has 1 saturated carbocycles. The molecule has 3 heteroatoms. The smallest absolute Gasteiger partial charge is 0.108 e. The van der Waals surface area contributed by atoms with Crippen molar-refractivity contribution >= 4 is 0 Å². The fraction of sp³-hybridized carbons (Fsp3) is 0.692. The van der Waals surface area contributed by atoms with E-state index < -0.39 is 0 Å². The number of aromatic nitrogens is 2. The molecule has 1 aromatic rings. The Bertz CT molecular complexity index is 388. The van der Waals surface area contributed by atoms with Gasteiger partial charge in [-0.05, 0) is 25.2 Å². The lowest BCUT2D eigenvalue weighted by Crippen LogP contribution is -2.26. The maximum atomic E-state index is 9.23. The molecule has 3 nitrogen and oxygen atoms in total. The predicted octanol–water partition coefficient (Wildman–Crippen LogP) is 2.95. The zero-order valence-electron chi connectivity index (χ0n) is 10.1. The normalized spacial score (nSPS) is 29.9. The molecule has 1 aliphatic carbocycles. The van der Waals surface area contributed by atoms with Crippen molar-refractivity contribution in [2.24, 2.45) is 11.8 Å². The molecule has 3 unspecified atom stereocenters. The van der Waals surface area contributed by atoms with Crippen molar-refractivity contribution in [2.45, 2.75) is 45.6 Å². The summed E-state index contributed by atoms with van der Waals surface area (Å²) in [5.41, 5.74) is 0. The highest BCUT2D eigenvalue weighted by Gasteiger charge is 2.30. The molecule has 0 bridgehead atoms. The van der Waals surface area contributed by atoms with E-state index >= 15 is 0 Å². The van der Waals surface area contributed by atoms with E-state index in [2.05, 4.69) is 29.5 Å². The Morgan fingerprint density at radius 3 is 3.06 bits per heavy atom. The number of imidazole rings is 1. The molecule has 86 valence electrons. The summed E-state index contributed by atoms with van der Waals surface area (Å²) in [5, 5.41) is 9.23. The molecule has 1 fully saturated rings. The minimum Gasteiger partial charge on any atom is -0.331 e. The molecular weight excluding hydrogens is 198 g/mol. The van der Waals surface area contributed by atoms with E-state index in [0.717, 1.165) is 31.0 Å². The molecule has 0 aromatic carbocycles. The van der Waals surface area contributed by atoms with Gasteiger partial charge in [-0.25, -0.2) is 4.98 Å². The lowest BCUT2D eigenvalue weighted by Gasteiger charge is -2.32. The summed E-state index contributed by atoms with van der Waals surface area (Å²) in [6.07, 6.45) is 8.16. The van der Waals surface area contributed by atoms with Crippen LogP contribution in [0.2, 0.25) is 0 Å². The molecule has 1 heterocycles. The van der Waals surface area contributed by atoms with Crippen molar-refractivity contribution < 1.29 is 0 Å². The summed E-state index contributed by atoms with van der Waals surface area (Å²) in [6, 6.07) is 2.80. The minimum atomic E-state index is 0.163. The highest BCUT2D eigenvalue weighted by Crippen LogP contribution is 2.37. The van der Waals surface area contributed by atoms with Crippen LogP contribution in [0.5, 0.6) is 0 Å². The third-order valence-corrected chi connectivity index (χ3v) is 3.67. The first kappa shape index (κ1) is 11.2. The van der Waals surface area contributed by atoms with Crippen LogP contribution in [0.1, 0.15) is 45.0 Å². The number of nitrogens with zero attached hydrogens (tertiary/aromatic N) is 3. The van der Waals surface area contributed by atoms with Crippen LogP contribution >= 0.6 is 0 Å². The third kappa shape index (κ3) is 1.97. The van der Waals surface area contributed by atoms with Crippen molar-refractivity contribution in [1.82, 2.24) is 9.55 Å². The summed E-state index contributed by atoms with van der Waals surface area (Å²) in [5.74, 6) is 2.00. The molecule has 2 rings (SSSR count). The van der Waals surface area contributed by atoms with Crippen LogP contribution in [-0.4, -0.2) is 9.55 Å². The fourth-order valence-corrected chi connectivity index (χ4v) is 2.73. The van der Waals surface area contributed by atoms with Gasteiger partial charge in [-0.1, -0.05) is 13.8 Å². The predicted molar refractivity (Wildman–Crippen MR) is 62.8 cm³/mol. The van der Waals surface area contributed by atoms with Gasteiger partial charge in [0.15, 0.2) is 0 Å². The van der Waals surface area contributed by atoms with Gasteiger partial charge in [-0.2, -0.15) is 5.26 Å². The van der Waals surface area contributed by atoms with E-state index in [1.807, 2.05) is 12.4 Å². The van der Waals surface area contributed by atoms with Gasteiger partial charge in [0.2, 0.25) is 0 Å². The number of hydrogen-bond donors (Lipinski definition) is 0. The van der Waals surface area contributed by atoms with Crippen molar-refractivity contribution in [3.05, 3.63) is 18.2 Å². The largest absolute Gasteiger partial charge is 0.331 e. The van der Waals surface area contributed by atoms with Gasteiger partial charge in [0, 0.05) is 18.8 Å². The van der Waals surface area contributed by atoms with Gasteiger partial charge >= 0.3 is 0 Å². The lowest BCUT2D eigenvalue weighted by atomic mass is 9.79. The third-order valence-electron chi connectivity index (χ3n) is 3.67. The van der Waals surface area contributed by atoms with Gasteiger partial charge in [0.25, 0.3) is 0 Å².